The molecule has 20 heavy (non-hydrogen) atoms. The largest absolute Gasteiger partial charge is 0.367 e. The minimum absolute atomic E-state index is 0.367. The van der Waals surface area contributed by atoms with Gasteiger partial charge in [0.2, 0.25) is 0 Å². The van der Waals surface area contributed by atoms with Gasteiger partial charge in [0.1, 0.15) is 5.82 Å². The van der Waals surface area contributed by atoms with Crippen molar-refractivity contribution in [2.45, 2.75) is 26.3 Å². The van der Waals surface area contributed by atoms with E-state index in [0.717, 1.165) is 12.2 Å². The fourth-order valence-corrected chi connectivity index (χ4v) is 3.43. The normalized spacial score (nSPS) is 12.5. The first-order valence-corrected chi connectivity index (χ1v) is 7.69. The maximum atomic E-state index is 4.49. The monoisotopic (exact) mass is 282 g/mol. The number of hydrogen-bond acceptors (Lipinski definition) is 3. The maximum absolute atomic E-state index is 4.49. The highest BCUT2D eigenvalue weighted by Gasteiger charge is 2.08. The molecule has 0 bridgehead atoms. The third-order valence-corrected chi connectivity index (χ3v) is 4.38. The second kappa shape index (κ2) is 5.63. The van der Waals surface area contributed by atoms with E-state index < -0.39 is 0 Å². The van der Waals surface area contributed by atoms with Crippen molar-refractivity contribution in [3.8, 4) is 0 Å². The van der Waals surface area contributed by atoms with Crippen LogP contribution in [0.4, 0.5) is 5.82 Å². The number of rotatable bonds is 4. The van der Waals surface area contributed by atoms with E-state index in [1.807, 2.05) is 23.6 Å². The molecule has 0 aliphatic heterocycles. The van der Waals surface area contributed by atoms with Crippen LogP contribution in [0.2, 0.25) is 0 Å². The lowest BCUT2D eigenvalue weighted by molar-refractivity contribution is 0.796. The number of pyridine rings is 1. The summed E-state index contributed by atoms with van der Waals surface area (Å²) in [6.07, 6.45) is 2.90. The molecule has 0 saturated heterocycles. The lowest BCUT2D eigenvalue weighted by Crippen LogP contribution is -2.18. The van der Waals surface area contributed by atoms with E-state index in [1.165, 1.54) is 20.5 Å². The molecule has 0 aliphatic carbocycles. The van der Waals surface area contributed by atoms with Gasteiger partial charge in [0.05, 0.1) is 0 Å². The van der Waals surface area contributed by atoms with Gasteiger partial charge in [0.15, 0.2) is 0 Å². The van der Waals surface area contributed by atoms with Crippen LogP contribution in [0.15, 0.2) is 48.7 Å². The first-order chi connectivity index (χ1) is 9.72. The van der Waals surface area contributed by atoms with Crippen LogP contribution < -0.4 is 5.32 Å². The van der Waals surface area contributed by atoms with Crippen molar-refractivity contribution in [1.82, 2.24) is 4.98 Å². The van der Waals surface area contributed by atoms with Crippen LogP contribution in [-0.2, 0) is 6.42 Å². The van der Waals surface area contributed by atoms with Crippen LogP contribution in [0.25, 0.3) is 10.8 Å². The van der Waals surface area contributed by atoms with Crippen molar-refractivity contribution < 1.29 is 0 Å². The summed E-state index contributed by atoms with van der Waals surface area (Å²) in [7, 11) is 0. The molecule has 0 aliphatic rings. The van der Waals surface area contributed by atoms with E-state index in [0.29, 0.717) is 6.04 Å². The first-order valence-electron chi connectivity index (χ1n) is 6.88. The second-order valence-corrected chi connectivity index (χ2v) is 6.52. The van der Waals surface area contributed by atoms with Gasteiger partial charge in [-0.2, -0.15) is 0 Å². The smallest absolute Gasteiger partial charge is 0.134 e. The summed E-state index contributed by atoms with van der Waals surface area (Å²) in [4.78, 5) is 7.28. The van der Waals surface area contributed by atoms with Gasteiger partial charge in [0, 0.05) is 33.8 Å². The molecule has 1 aromatic carbocycles. The Morgan fingerprint density at radius 2 is 2.00 bits per heavy atom. The molecule has 3 rings (SSSR count). The Bertz CT molecular complexity index is 712. The van der Waals surface area contributed by atoms with E-state index in [-0.39, 0.29) is 0 Å². The van der Waals surface area contributed by atoms with Crippen LogP contribution in [0.5, 0.6) is 0 Å². The lowest BCUT2D eigenvalue weighted by atomic mass is 10.1. The number of benzene rings is 1. The summed E-state index contributed by atoms with van der Waals surface area (Å²) in [6, 6.07) is 15.2. The molecular formula is C17H18N2S. The van der Waals surface area contributed by atoms with E-state index in [2.05, 4.69) is 60.5 Å². The Balaban J connectivity index is 1.79. The number of hydrogen-bond donors (Lipinski definition) is 1. The van der Waals surface area contributed by atoms with E-state index >= 15 is 0 Å². The highest BCUT2D eigenvalue weighted by atomic mass is 32.1. The summed E-state index contributed by atoms with van der Waals surface area (Å²) < 4.78 is 0. The third-order valence-electron chi connectivity index (χ3n) is 3.36. The molecule has 1 N–H and O–H groups in total. The topological polar surface area (TPSA) is 24.9 Å². The van der Waals surface area contributed by atoms with Crippen molar-refractivity contribution in [1.29, 1.82) is 0 Å². The molecule has 2 heterocycles. The summed E-state index contributed by atoms with van der Waals surface area (Å²) >= 11 is 1.87. The van der Waals surface area contributed by atoms with Gasteiger partial charge >= 0.3 is 0 Å². The predicted octanol–water partition coefficient (Wildman–Crippen LogP) is 4.65. The molecule has 0 amide bonds. The summed E-state index contributed by atoms with van der Waals surface area (Å²) in [5, 5.41) is 5.95. The lowest BCUT2D eigenvalue weighted by Gasteiger charge is -2.15. The van der Waals surface area contributed by atoms with Crippen molar-refractivity contribution in [3.63, 3.8) is 0 Å². The number of fused-ring (bicyclic) bond motifs is 1. The quantitative estimate of drug-likeness (QED) is 0.753. The molecular weight excluding hydrogens is 264 g/mol. The number of thiophene rings is 1. The molecule has 3 aromatic rings. The van der Waals surface area contributed by atoms with Crippen LogP contribution in [0.1, 0.15) is 16.7 Å². The Labute approximate surface area is 123 Å². The van der Waals surface area contributed by atoms with Crippen molar-refractivity contribution in [2.24, 2.45) is 0 Å². The van der Waals surface area contributed by atoms with Crippen LogP contribution in [0.3, 0.4) is 0 Å². The average molecular weight is 282 g/mol. The van der Waals surface area contributed by atoms with Crippen molar-refractivity contribution >= 4 is 27.9 Å². The minimum atomic E-state index is 0.367. The number of aryl methyl sites for hydroxylation is 1. The molecule has 2 nitrogen and oxygen atoms in total. The van der Waals surface area contributed by atoms with Gasteiger partial charge in [0.25, 0.3) is 0 Å². The Morgan fingerprint density at radius 1 is 1.15 bits per heavy atom. The molecule has 1 atom stereocenters. The van der Waals surface area contributed by atoms with Gasteiger partial charge in [-0.15, -0.1) is 11.3 Å². The Hall–Kier alpha value is -1.87. The van der Waals surface area contributed by atoms with Gasteiger partial charge in [-0.05, 0) is 37.4 Å². The third kappa shape index (κ3) is 2.83. The zero-order valence-corrected chi connectivity index (χ0v) is 12.6. The highest BCUT2D eigenvalue weighted by Crippen LogP contribution is 2.22. The number of anilines is 1. The first kappa shape index (κ1) is 13.1. The maximum Gasteiger partial charge on any atom is 0.134 e. The predicted molar refractivity (Wildman–Crippen MR) is 87.6 cm³/mol. The molecule has 0 fully saturated rings. The molecule has 0 spiro atoms. The van der Waals surface area contributed by atoms with Gasteiger partial charge in [-0.25, -0.2) is 4.98 Å². The fraction of sp³-hybridized carbons (Fsp3) is 0.235. The van der Waals surface area contributed by atoms with E-state index in [9.17, 15) is 0 Å². The fourth-order valence-electron chi connectivity index (χ4n) is 2.42. The van der Waals surface area contributed by atoms with Crippen LogP contribution in [-0.4, -0.2) is 11.0 Å². The van der Waals surface area contributed by atoms with E-state index in [4.69, 9.17) is 0 Å². The van der Waals surface area contributed by atoms with Crippen LogP contribution in [0, 0.1) is 6.92 Å². The number of nitrogens with zero attached hydrogens (tertiary/aromatic N) is 1. The van der Waals surface area contributed by atoms with Crippen LogP contribution >= 0.6 is 11.3 Å². The molecule has 3 heteroatoms. The second-order valence-electron chi connectivity index (χ2n) is 5.14. The Morgan fingerprint density at radius 3 is 2.80 bits per heavy atom. The SMILES string of the molecule is Cc1ccc(CC(C)Nc2nccc3ccccc23)s1. The molecule has 102 valence electrons. The number of nitrogens with one attached hydrogen (secondary N) is 1. The van der Waals surface area contributed by atoms with Gasteiger partial charge < -0.3 is 5.32 Å². The van der Waals surface area contributed by atoms with Crippen molar-refractivity contribution in [3.05, 3.63) is 58.4 Å². The molecule has 0 saturated carbocycles. The zero-order valence-electron chi connectivity index (χ0n) is 11.8. The van der Waals surface area contributed by atoms with E-state index in [1.54, 1.807) is 0 Å². The highest BCUT2D eigenvalue weighted by molar-refractivity contribution is 7.11. The van der Waals surface area contributed by atoms with Gasteiger partial charge in [-0.1, -0.05) is 24.3 Å². The van der Waals surface area contributed by atoms with Crippen molar-refractivity contribution in [2.75, 3.05) is 5.32 Å². The average Bonchev–Trinajstić information content (AvgIpc) is 2.84. The zero-order chi connectivity index (χ0) is 13.9. The molecule has 2 aromatic heterocycles. The molecule has 0 radical (unpaired) electrons. The molecule has 1 unspecified atom stereocenters. The summed E-state index contributed by atoms with van der Waals surface area (Å²) in [5.74, 6) is 0.976. The summed E-state index contributed by atoms with van der Waals surface area (Å²) in [6.45, 7) is 4.36. The minimum Gasteiger partial charge on any atom is -0.367 e. The van der Waals surface area contributed by atoms with Gasteiger partial charge in [-0.3, -0.25) is 0 Å². The summed E-state index contributed by atoms with van der Waals surface area (Å²) in [5.41, 5.74) is 0. The number of aromatic nitrogens is 1. The standard InChI is InChI=1S/C17H18N2S/c1-12(11-15-8-7-13(2)20-15)19-17-16-6-4-3-5-14(16)9-10-18-17/h3-10,12H,11H2,1-2H3,(H,18,19). The Kier molecular flexibility index (Phi) is 3.70.